The first-order valence-corrected chi connectivity index (χ1v) is 8.16. The van der Waals surface area contributed by atoms with Gasteiger partial charge >= 0.3 is 0 Å². The molecule has 0 atom stereocenters. The summed E-state index contributed by atoms with van der Waals surface area (Å²) in [7, 11) is 3.06. The highest BCUT2D eigenvalue weighted by Gasteiger charge is 2.11. The molecule has 0 aliphatic heterocycles. The fourth-order valence-corrected chi connectivity index (χ4v) is 2.59. The number of aromatic nitrogens is 2. The van der Waals surface area contributed by atoms with Crippen molar-refractivity contribution >= 4 is 28.4 Å². The van der Waals surface area contributed by atoms with Crippen molar-refractivity contribution in [3.8, 4) is 16.9 Å². The molecule has 0 aliphatic carbocycles. The van der Waals surface area contributed by atoms with Gasteiger partial charge in [0.2, 0.25) is 11.7 Å². The zero-order valence-corrected chi connectivity index (χ0v) is 14.9. The van der Waals surface area contributed by atoms with Gasteiger partial charge in [0.15, 0.2) is 0 Å². The molecule has 0 spiro atoms. The zero-order valence-electron chi connectivity index (χ0n) is 14.9. The second kappa shape index (κ2) is 7.65. The number of ether oxygens (including phenoxy) is 1. The minimum atomic E-state index is -0.346. The van der Waals surface area contributed by atoms with E-state index in [-0.39, 0.29) is 17.6 Å². The predicted molar refractivity (Wildman–Crippen MR) is 104 cm³/mol. The summed E-state index contributed by atoms with van der Waals surface area (Å²) in [5, 5.41) is 6.06. The molecular formula is C20H18N4O3. The Morgan fingerprint density at radius 1 is 1.15 bits per heavy atom. The lowest BCUT2D eigenvalue weighted by Crippen LogP contribution is -2.20. The van der Waals surface area contributed by atoms with Gasteiger partial charge in [0.1, 0.15) is 5.75 Å². The monoisotopic (exact) mass is 362 g/mol. The van der Waals surface area contributed by atoms with Crippen molar-refractivity contribution in [2.45, 2.75) is 0 Å². The first kappa shape index (κ1) is 18.1. The van der Waals surface area contributed by atoms with E-state index in [9.17, 15) is 9.59 Å². The van der Waals surface area contributed by atoms with Gasteiger partial charge in [0.25, 0.3) is 5.91 Å². The van der Waals surface area contributed by atoms with Crippen LogP contribution in [-0.4, -0.2) is 35.9 Å². The average molecular weight is 362 g/mol. The summed E-state index contributed by atoms with van der Waals surface area (Å²) < 4.78 is 5.29. The molecule has 27 heavy (non-hydrogen) atoms. The molecule has 2 amide bonds. The molecular weight excluding hydrogens is 344 g/mol. The standard InChI is InChI=1S/C20H18N4O3/c1-4-18(25)23-16-10-13(7-8-17(16)27-3)12-5-6-14-11-22-19(20(26)21-2)24-15(14)9-12/h4-11H,1H2,2-3H3,(H,21,26)(H,23,25). The van der Waals surface area contributed by atoms with Crippen molar-refractivity contribution in [1.29, 1.82) is 0 Å². The number of carbonyl (C=O) groups is 2. The molecule has 3 aromatic rings. The molecule has 1 heterocycles. The molecule has 3 rings (SSSR count). The average Bonchev–Trinajstić information content (AvgIpc) is 2.72. The molecule has 136 valence electrons. The highest BCUT2D eigenvalue weighted by molar-refractivity contribution is 6.00. The molecule has 0 unspecified atom stereocenters. The van der Waals surface area contributed by atoms with Crippen molar-refractivity contribution in [2.75, 3.05) is 19.5 Å². The number of amides is 2. The van der Waals surface area contributed by atoms with Crippen LogP contribution in [0.25, 0.3) is 22.0 Å². The van der Waals surface area contributed by atoms with Crippen LogP contribution < -0.4 is 15.4 Å². The second-order valence-electron chi connectivity index (χ2n) is 5.65. The van der Waals surface area contributed by atoms with Crippen molar-refractivity contribution in [3.63, 3.8) is 0 Å². The Bertz CT molecular complexity index is 1050. The van der Waals surface area contributed by atoms with E-state index < -0.39 is 0 Å². The zero-order chi connectivity index (χ0) is 19.4. The Balaban J connectivity index is 2.05. The number of nitrogens with one attached hydrogen (secondary N) is 2. The minimum absolute atomic E-state index is 0.107. The molecule has 0 bridgehead atoms. The van der Waals surface area contributed by atoms with Gasteiger partial charge in [-0.1, -0.05) is 24.8 Å². The molecule has 1 aromatic heterocycles. The van der Waals surface area contributed by atoms with E-state index in [0.717, 1.165) is 16.5 Å². The van der Waals surface area contributed by atoms with Gasteiger partial charge in [-0.2, -0.15) is 0 Å². The third kappa shape index (κ3) is 3.77. The lowest BCUT2D eigenvalue weighted by atomic mass is 10.0. The van der Waals surface area contributed by atoms with E-state index in [2.05, 4.69) is 27.2 Å². The summed E-state index contributed by atoms with van der Waals surface area (Å²) in [5.74, 6) is -0.0251. The van der Waals surface area contributed by atoms with Gasteiger partial charge in [0, 0.05) is 18.6 Å². The fourth-order valence-electron chi connectivity index (χ4n) is 2.59. The minimum Gasteiger partial charge on any atom is -0.495 e. The maximum absolute atomic E-state index is 11.8. The fraction of sp³-hybridized carbons (Fsp3) is 0.100. The van der Waals surface area contributed by atoms with Crippen LogP contribution in [-0.2, 0) is 4.79 Å². The Kier molecular flexibility index (Phi) is 5.12. The molecule has 0 fully saturated rings. The molecule has 0 aliphatic rings. The van der Waals surface area contributed by atoms with Crippen LogP contribution in [0.5, 0.6) is 5.75 Å². The van der Waals surface area contributed by atoms with Crippen LogP contribution >= 0.6 is 0 Å². The van der Waals surface area contributed by atoms with Crippen molar-refractivity contribution < 1.29 is 14.3 Å². The summed E-state index contributed by atoms with van der Waals surface area (Å²) in [6.07, 6.45) is 2.81. The van der Waals surface area contributed by atoms with E-state index in [0.29, 0.717) is 17.0 Å². The maximum Gasteiger partial charge on any atom is 0.288 e. The number of anilines is 1. The number of methoxy groups -OCH3 is 1. The molecule has 2 N–H and O–H groups in total. The Morgan fingerprint density at radius 3 is 2.59 bits per heavy atom. The molecule has 7 nitrogen and oxygen atoms in total. The van der Waals surface area contributed by atoms with Crippen LogP contribution in [0.2, 0.25) is 0 Å². The van der Waals surface area contributed by atoms with E-state index in [1.165, 1.54) is 20.2 Å². The molecule has 2 aromatic carbocycles. The van der Waals surface area contributed by atoms with Crippen molar-refractivity contribution in [1.82, 2.24) is 15.3 Å². The number of fused-ring (bicyclic) bond motifs is 1. The van der Waals surface area contributed by atoms with Crippen LogP contribution in [0.3, 0.4) is 0 Å². The van der Waals surface area contributed by atoms with Crippen LogP contribution in [0, 0.1) is 0 Å². The van der Waals surface area contributed by atoms with Crippen molar-refractivity contribution in [3.05, 3.63) is 61.1 Å². The molecule has 0 saturated carbocycles. The SMILES string of the molecule is C=CC(=O)Nc1cc(-c2ccc3cnc(C(=O)NC)nc3c2)ccc1OC. The van der Waals surface area contributed by atoms with Gasteiger partial charge in [-0.3, -0.25) is 9.59 Å². The summed E-state index contributed by atoms with van der Waals surface area (Å²) in [6.45, 7) is 3.46. The van der Waals surface area contributed by atoms with Crippen LogP contribution in [0.4, 0.5) is 5.69 Å². The Hall–Kier alpha value is -3.74. The maximum atomic E-state index is 11.8. The van der Waals surface area contributed by atoms with Gasteiger partial charge in [0.05, 0.1) is 18.3 Å². The number of carbonyl (C=O) groups excluding carboxylic acids is 2. The normalized spacial score (nSPS) is 10.3. The third-order valence-electron chi connectivity index (χ3n) is 3.99. The van der Waals surface area contributed by atoms with Crippen molar-refractivity contribution in [2.24, 2.45) is 0 Å². The predicted octanol–water partition coefficient (Wildman–Crippen LogP) is 2.79. The van der Waals surface area contributed by atoms with E-state index >= 15 is 0 Å². The highest BCUT2D eigenvalue weighted by Crippen LogP contribution is 2.31. The van der Waals surface area contributed by atoms with Crippen LogP contribution in [0.1, 0.15) is 10.6 Å². The molecule has 0 saturated heterocycles. The van der Waals surface area contributed by atoms with Gasteiger partial charge in [-0.15, -0.1) is 0 Å². The van der Waals surface area contributed by atoms with E-state index in [1.807, 2.05) is 30.3 Å². The number of hydrogen-bond donors (Lipinski definition) is 2. The topological polar surface area (TPSA) is 93.2 Å². The number of nitrogens with zero attached hydrogens (tertiary/aromatic N) is 2. The lowest BCUT2D eigenvalue weighted by molar-refractivity contribution is -0.111. The van der Waals surface area contributed by atoms with E-state index in [4.69, 9.17) is 4.74 Å². The summed E-state index contributed by atoms with van der Waals surface area (Å²) in [4.78, 5) is 31.8. The first-order chi connectivity index (χ1) is 13.0. The second-order valence-corrected chi connectivity index (χ2v) is 5.65. The smallest absolute Gasteiger partial charge is 0.288 e. The Labute approximate surface area is 156 Å². The largest absolute Gasteiger partial charge is 0.495 e. The molecule has 7 heteroatoms. The molecule has 0 radical (unpaired) electrons. The van der Waals surface area contributed by atoms with E-state index in [1.54, 1.807) is 12.3 Å². The third-order valence-corrected chi connectivity index (χ3v) is 3.99. The summed E-state index contributed by atoms with van der Waals surface area (Å²) in [5.41, 5.74) is 2.92. The first-order valence-electron chi connectivity index (χ1n) is 8.16. The number of benzene rings is 2. The summed E-state index contributed by atoms with van der Waals surface area (Å²) >= 11 is 0. The number of rotatable bonds is 5. The summed E-state index contributed by atoms with van der Waals surface area (Å²) in [6, 6.07) is 11.1. The van der Waals surface area contributed by atoms with Gasteiger partial charge < -0.3 is 15.4 Å². The van der Waals surface area contributed by atoms with Gasteiger partial charge in [-0.05, 0) is 35.4 Å². The van der Waals surface area contributed by atoms with Crippen LogP contribution in [0.15, 0.2) is 55.3 Å². The lowest BCUT2D eigenvalue weighted by Gasteiger charge is -2.12. The number of hydrogen-bond acceptors (Lipinski definition) is 5. The highest BCUT2D eigenvalue weighted by atomic mass is 16.5. The van der Waals surface area contributed by atoms with Gasteiger partial charge in [-0.25, -0.2) is 9.97 Å². The quantitative estimate of drug-likeness (QED) is 0.681. The Morgan fingerprint density at radius 2 is 1.89 bits per heavy atom.